The first-order valence-corrected chi connectivity index (χ1v) is 7.29. The van der Waals surface area contributed by atoms with Crippen LogP contribution in [-0.4, -0.2) is 12.9 Å². The third-order valence-electron chi connectivity index (χ3n) is 3.43. The number of halogens is 2. The van der Waals surface area contributed by atoms with Gasteiger partial charge in [0, 0.05) is 19.2 Å². The van der Waals surface area contributed by atoms with E-state index in [-0.39, 0.29) is 10.3 Å². The van der Waals surface area contributed by atoms with Crippen LogP contribution in [-0.2, 0) is 6.54 Å². The number of hydrogen-bond donors (Lipinski definition) is 2. The Morgan fingerprint density at radius 1 is 1.29 bits per heavy atom. The van der Waals surface area contributed by atoms with Crippen LogP contribution in [0.3, 0.4) is 0 Å². The van der Waals surface area contributed by atoms with Crippen LogP contribution in [0.2, 0.25) is 0 Å². The van der Waals surface area contributed by atoms with Crippen molar-refractivity contribution < 1.29 is 4.39 Å². The van der Waals surface area contributed by atoms with E-state index in [4.69, 9.17) is 11.1 Å². The molecule has 0 unspecified atom stereocenters. The lowest BCUT2D eigenvalue weighted by molar-refractivity contribution is 0.615. The molecule has 0 aliphatic rings. The highest BCUT2D eigenvalue weighted by Crippen LogP contribution is 2.29. The lowest BCUT2D eigenvalue weighted by atomic mass is 10.1. The van der Waals surface area contributed by atoms with Gasteiger partial charge in [0.25, 0.3) is 0 Å². The Balaban J connectivity index is 2.32. The van der Waals surface area contributed by atoms with Crippen LogP contribution in [0.5, 0.6) is 0 Å². The second-order valence-electron chi connectivity index (χ2n) is 4.96. The van der Waals surface area contributed by atoms with Gasteiger partial charge in [-0.3, -0.25) is 5.41 Å². The minimum atomic E-state index is -0.404. The predicted octanol–water partition coefficient (Wildman–Crippen LogP) is 3.82. The minimum absolute atomic E-state index is 0.158. The monoisotopic (exact) mass is 349 g/mol. The van der Waals surface area contributed by atoms with Gasteiger partial charge in [-0.15, -0.1) is 0 Å². The molecule has 0 fully saturated rings. The molecule has 2 aromatic rings. The van der Waals surface area contributed by atoms with Crippen molar-refractivity contribution in [1.82, 2.24) is 0 Å². The number of aryl methyl sites for hydroxylation is 1. The first kappa shape index (κ1) is 15.5. The number of nitrogens with one attached hydrogen (secondary N) is 1. The number of benzene rings is 2. The SMILES string of the molecule is Cc1ccccc1CN(C)c1ccc(C(=N)N)c(Br)c1F. The van der Waals surface area contributed by atoms with Gasteiger partial charge in [0.15, 0.2) is 5.82 Å². The van der Waals surface area contributed by atoms with E-state index in [1.807, 2.05) is 43.1 Å². The molecule has 2 rings (SSSR count). The van der Waals surface area contributed by atoms with Crippen molar-refractivity contribution in [2.24, 2.45) is 5.73 Å². The zero-order valence-corrected chi connectivity index (χ0v) is 13.5. The van der Waals surface area contributed by atoms with Crippen molar-refractivity contribution in [3.63, 3.8) is 0 Å². The molecule has 0 aliphatic carbocycles. The van der Waals surface area contributed by atoms with Gasteiger partial charge in [-0.2, -0.15) is 0 Å². The molecule has 3 nitrogen and oxygen atoms in total. The molecule has 0 bridgehead atoms. The van der Waals surface area contributed by atoms with Gasteiger partial charge in [0.1, 0.15) is 5.84 Å². The summed E-state index contributed by atoms with van der Waals surface area (Å²) in [6, 6.07) is 11.3. The number of rotatable bonds is 4. The highest BCUT2D eigenvalue weighted by molar-refractivity contribution is 9.10. The lowest BCUT2D eigenvalue weighted by Crippen LogP contribution is -2.20. The minimum Gasteiger partial charge on any atom is -0.384 e. The molecular weight excluding hydrogens is 333 g/mol. The van der Waals surface area contributed by atoms with E-state index in [9.17, 15) is 4.39 Å². The summed E-state index contributed by atoms with van der Waals surface area (Å²) < 4.78 is 14.7. The highest BCUT2D eigenvalue weighted by atomic mass is 79.9. The van der Waals surface area contributed by atoms with Crippen LogP contribution in [0.25, 0.3) is 0 Å². The van der Waals surface area contributed by atoms with E-state index in [0.717, 1.165) is 5.56 Å². The van der Waals surface area contributed by atoms with Crippen molar-refractivity contribution in [3.05, 3.63) is 63.4 Å². The Morgan fingerprint density at radius 3 is 2.57 bits per heavy atom. The van der Waals surface area contributed by atoms with Crippen molar-refractivity contribution in [3.8, 4) is 0 Å². The standard InChI is InChI=1S/C16H17BrFN3/c1-10-5-3-4-6-11(10)9-21(2)13-8-7-12(16(19)20)14(17)15(13)18/h3-8H,9H2,1-2H3,(H3,19,20). The van der Waals surface area contributed by atoms with Crippen LogP contribution in [0, 0.1) is 18.2 Å². The Morgan fingerprint density at radius 2 is 1.95 bits per heavy atom. The number of nitrogens with zero attached hydrogens (tertiary/aromatic N) is 1. The summed E-state index contributed by atoms with van der Waals surface area (Å²) in [6.07, 6.45) is 0. The first-order valence-electron chi connectivity index (χ1n) is 6.50. The molecule has 0 atom stereocenters. The molecule has 0 radical (unpaired) electrons. The zero-order valence-electron chi connectivity index (χ0n) is 12.0. The van der Waals surface area contributed by atoms with Crippen molar-refractivity contribution >= 4 is 27.5 Å². The topological polar surface area (TPSA) is 53.1 Å². The van der Waals surface area contributed by atoms with Crippen molar-refractivity contribution in [2.45, 2.75) is 13.5 Å². The maximum Gasteiger partial charge on any atom is 0.161 e. The molecular formula is C16H17BrFN3. The molecule has 5 heteroatoms. The molecule has 0 saturated carbocycles. The number of anilines is 1. The van der Waals surface area contributed by atoms with Crippen LogP contribution in [0.15, 0.2) is 40.9 Å². The molecule has 0 heterocycles. The summed E-state index contributed by atoms with van der Waals surface area (Å²) in [5.74, 6) is -0.562. The average Bonchev–Trinajstić information content (AvgIpc) is 2.43. The molecule has 110 valence electrons. The summed E-state index contributed by atoms with van der Waals surface area (Å²) in [5, 5.41) is 7.43. The van der Waals surface area contributed by atoms with Gasteiger partial charge in [-0.05, 0) is 46.1 Å². The first-order chi connectivity index (χ1) is 9.91. The maximum atomic E-state index is 14.4. The Hall–Kier alpha value is -1.88. The predicted molar refractivity (Wildman–Crippen MR) is 88.4 cm³/mol. The average molecular weight is 350 g/mol. The van der Waals surface area contributed by atoms with Gasteiger partial charge in [-0.25, -0.2) is 4.39 Å². The molecule has 0 aliphatic heterocycles. The maximum absolute atomic E-state index is 14.4. The Bertz CT molecular complexity index is 685. The van der Waals surface area contributed by atoms with E-state index >= 15 is 0 Å². The zero-order chi connectivity index (χ0) is 15.6. The molecule has 0 spiro atoms. The van der Waals surface area contributed by atoms with Crippen molar-refractivity contribution in [2.75, 3.05) is 11.9 Å². The normalized spacial score (nSPS) is 10.5. The summed E-state index contributed by atoms with van der Waals surface area (Å²) in [6.45, 7) is 2.64. The summed E-state index contributed by atoms with van der Waals surface area (Å²) in [4.78, 5) is 1.84. The van der Waals surface area contributed by atoms with E-state index in [2.05, 4.69) is 15.9 Å². The van der Waals surface area contributed by atoms with Gasteiger partial charge in [-0.1, -0.05) is 24.3 Å². The second-order valence-corrected chi connectivity index (χ2v) is 5.75. The fraction of sp³-hybridized carbons (Fsp3) is 0.188. The Kier molecular flexibility index (Phi) is 4.63. The van der Waals surface area contributed by atoms with Crippen LogP contribution >= 0.6 is 15.9 Å². The molecule has 3 N–H and O–H groups in total. The second kappa shape index (κ2) is 6.26. The molecule has 21 heavy (non-hydrogen) atoms. The molecule has 0 saturated heterocycles. The fourth-order valence-electron chi connectivity index (χ4n) is 2.17. The molecule has 0 amide bonds. The summed E-state index contributed by atoms with van der Waals surface area (Å²) in [7, 11) is 1.84. The fourth-order valence-corrected chi connectivity index (χ4v) is 2.72. The summed E-state index contributed by atoms with van der Waals surface area (Å²) >= 11 is 3.18. The molecule has 0 aromatic heterocycles. The van der Waals surface area contributed by atoms with E-state index in [1.54, 1.807) is 12.1 Å². The van der Waals surface area contributed by atoms with Gasteiger partial charge < -0.3 is 10.6 Å². The number of amidine groups is 1. The van der Waals surface area contributed by atoms with Gasteiger partial charge >= 0.3 is 0 Å². The number of hydrogen-bond acceptors (Lipinski definition) is 2. The van der Waals surface area contributed by atoms with E-state index in [0.29, 0.717) is 17.8 Å². The van der Waals surface area contributed by atoms with E-state index in [1.165, 1.54) is 5.56 Å². The largest absolute Gasteiger partial charge is 0.384 e. The van der Waals surface area contributed by atoms with Gasteiger partial charge in [0.05, 0.1) is 10.2 Å². The van der Waals surface area contributed by atoms with Gasteiger partial charge in [0.2, 0.25) is 0 Å². The Labute approximate surface area is 132 Å². The summed E-state index contributed by atoms with van der Waals surface area (Å²) in [5.41, 5.74) is 8.57. The van der Waals surface area contributed by atoms with E-state index < -0.39 is 5.82 Å². The smallest absolute Gasteiger partial charge is 0.161 e. The van der Waals surface area contributed by atoms with Crippen molar-refractivity contribution in [1.29, 1.82) is 5.41 Å². The number of nitrogens with two attached hydrogens (primary N) is 1. The van der Waals surface area contributed by atoms with Crippen LogP contribution in [0.1, 0.15) is 16.7 Å². The van der Waals surface area contributed by atoms with Crippen LogP contribution in [0.4, 0.5) is 10.1 Å². The van der Waals surface area contributed by atoms with Crippen LogP contribution < -0.4 is 10.6 Å². The number of nitrogen functional groups attached to an aromatic ring is 1. The lowest BCUT2D eigenvalue weighted by Gasteiger charge is -2.22. The third-order valence-corrected chi connectivity index (χ3v) is 4.21. The highest BCUT2D eigenvalue weighted by Gasteiger charge is 2.16. The molecule has 2 aromatic carbocycles. The third kappa shape index (κ3) is 3.24. The quantitative estimate of drug-likeness (QED) is 0.651.